The van der Waals surface area contributed by atoms with Crippen LogP contribution >= 0.6 is 11.8 Å². The topological polar surface area (TPSA) is 63.1 Å². The van der Waals surface area contributed by atoms with Gasteiger partial charge in [-0.2, -0.15) is 0 Å². The summed E-state index contributed by atoms with van der Waals surface area (Å²) in [7, 11) is 0. The van der Waals surface area contributed by atoms with Gasteiger partial charge in [0, 0.05) is 11.3 Å². The van der Waals surface area contributed by atoms with Crippen LogP contribution in [-0.4, -0.2) is 21.3 Å². The average molecular weight is 322 g/mol. The first-order chi connectivity index (χ1) is 11.2. The molecule has 0 spiro atoms. The average Bonchev–Trinajstić information content (AvgIpc) is 2.61. The van der Waals surface area contributed by atoms with Crippen LogP contribution in [0.25, 0.3) is 11.3 Å². The number of rotatable bonds is 5. The smallest absolute Gasteiger partial charge is 0.335 e. The van der Waals surface area contributed by atoms with Crippen molar-refractivity contribution in [1.82, 2.24) is 10.2 Å². The van der Waals surface area contributed by atoms with Crippen LogP contribution in [0.3, 0.4) is 0 Å². The number of thioether (sulfide) groups is 1. The predicted molar refractivity (Wildman–Crippen MR) is 90.4 cm³/mol. The summed E-state index contributed by atoms with van der Waals surface area (Å²) in [6.07, 6.45) is 0. The van der Waals surface area contributed by atoms with Crippen molar-refractivity contribution in [3.8, 4) is 11.3 Å². The summed E-state index contributed by atoms with van der Waals surface area (Å²) in [5.41, 5.74) is 3.24. The Morgan fingerprint density at radius 1 is 0.913 bits per heavy atom. The third kappa shape index (κ3) is 3.96. The van der Waals surface area contributed by atoms with Gasteiger partial charge in [-0.25, -0.2) is 4.79 Å². The van der Waals surface area contributed by atoms with Crippen molar-refractivity contribution in [2.75, 3.05) is 0 Å². The van der Waals surface area contributed by atoms with E-state index in [0.717, 1.165) is 27.6 Å². The summed E-state index contributed by atoms with van der Waals surface area (Å²) in [4.78, 5) is 10.8. The second-order valence-electron chi connectivity index (χ2n) is 4.91. The Kier molecular flexibility index (Phi) is 4.68. The lowest BCUT2D eigenvalue weighted by Crippen LogP contribution is -1.95. The molecule has 0 unspecified atom stereocenters. The number of aromatic carboxylic acids is 1. The van der Waals surface area contributed by atoms with E-state index in [-0.39, 0.29) is 0 Å². The normalized spacial score (nSPS) is 10.4. The Bertz CT molecular complexity index is 788. The van der Waals surface area contributed by atoms with E-state index in [1.54, 1.807) is 23.9 Å². The molecule has 0 radical (unpaired) electrons. The van der Waals surface area contributed by atoms with Crippen LogP contribution in [-0.2, 0) is 5.75 Å². The molecule has 0 saturated heterocycles. The quantitative estimate of drug-likeness (QED) is 0.715. The second kappa shape index (κ2) is 7.07. The first-order valence-corrected chi connectivity index (χ1v) is 8.05. The highest BCUT2D eigenvalue weighted by Gasteiger charge is 2.04. The molecule has 3 aromatic rings. The van der Waals surface area contributed by atoms with Gasteiger partial charge in [-0.15, -0.1) is 10.2 Å². The van der Waals surface area contributed by atoms with E-state index >= 15 is 0 Å². The Labute approximate surface area is 138 Å². The molecule has 0 atom stereocenters. The lowest BCUT2D eigenvalue weighted by molar-refractivity contribution is 0.0697. The summed E-state index contributed by atoms with van der Waals surface area (Å²) in [5.74, 6) is -0.189. The highest BCUT2D eigenvalue weighted by atomic mass is 32.2. The maximum absolute atomic E-state index is 10.8. The van der Waals surface area contributed by atoms with E-state index in [2.05, 4.69) is 10.2 Å². The fourth-order valence-corrected chi connectivity index (χ4v) is 2.83. The van der Waals surface area contributed by atoms with Crippen molar-refractivity contribution in [3.05, 3.63) is 77.9 Å². The highest BCUT2D eigenvalue weighted by Crippen LogP contribution is 2.22. The van der Waals surface area contributed by atoms with Gasteiger partial charge in [-0.05, 0) is 29.8 Å². The van der Waals surface area contributed by atoms with Gasteiger partial charge in [0.15, 0.2) is 0 Å². The third-order valence-corrected chi connectivity index (χ3v) is 4.29. The molecule has 5 heteroatoms. The zero-order chi connectivity index (χ0) is 16.1. The van der Waals surface area contributed by atoms with E-state index in [1.807, 2.05) is 54.6 Å². The van der Waals surface area contributed by atoms with Crippen LogP contribution in [0.15, 0.2) is 71.8 Å². The highest BCUT2D eigenvalue weighted by molar-refractivity contribution is 7.98. The number of benzene rings is 2. The number of carboxylic acid groups (broad SMARTS) is 1. The molecule has 4 nitrogen and oxygen atoms in total. The zero-order valence-corrected chi connectivity index (χ0v) is 13.0. The van der Waals surface area contributed by atoms with Crippen molar-refractivity contribution in [2.24, 2.45) is 0 Å². The number of aromatic nitrogens is 2. The molecular formula is C18H14N2O2S. The van der Waals surface area contributed by atoms with Crippen molar-refractivity contribution in [2.45, 2.75) is 10.8 Å². The summed E-state index contributed by atoms with van der Waals surface area (Å²) < 4.78 is 0. The first-order valence-electron chi connectivity index (χ1n) is 7.06. The SMILES string of the molecule is O=C(O)c1ccc(CSc2ccc(-c3ccccc3)nn2)cc1. The van der Waals surface area contributed by atoms with Gasteiger partial charge in [0.25, 0.3) is 0 Å². The molecule has 1 N–H and O–H groups in total. The Hall–Kier alpha value is -2.66. The Morgan fingerprint density at radius 3 is 2.26 bits per heavy atom. The summed E-state index contributed by atoms with van der Waals surface area (Å²) >= 11 is 1.57. The zero-order valence-electron chi connectivity index (χ0n) is 12.2. The largest absolute Gasteiger partial charge is 0.478 e. The predicted octanol–water partition coefficient (Wildman–Crippen LogP) is 4.13. The van der Waals surface area contributed by atoms with Gasteiger partial charge in [0.2, 0.25) is 0 Å². The van der Waals surface area contributed by atoms with Crippen LogP contribution in [0.2, 0.25) is 0 Å². The molecule has 0 amide bonds. The number of nitrogens with zero attached hydrogens (tertiary/aromatic N) is 2. The van der Waals surface area contributed by atoms with Crippen LogP contribution in [0.4, 0.5) is 0 Å². The molecule has 2 aromatic carbocycles. The van der Waals surface area contributed by atoms with E-state index in [4.69, 9.17) is 5.11 Å². The molecule has 23 heavy (non-hydrogen) atoms. The Morgan fingerprint density at radius 2 is 1.65 bits per heavy atom. The fraction of sp³-hybridized carbons (Fsp3) is 0.0556. The lowest BCUT2D eigenvalue weighted by Gasteiger charge is -2.03. The standard InChI is InChI=1S/C18H14N2O2S/c21-18(22)15-8-6-13(7-9-15)12-23-17-11-10-16(19-20-17)14-4-2-1-3-5-14/h1-11H,12H2,(H,21,22). The van der Waals surface area contributed by atoms with Crippen molar-refractivity contribution in [1.29, 1.82) is 0 Å². The number of hydrogen-bond donors (Lipinski definition) is 1. The molecule has 0 aliphatic rings. The minimum Gasteiger partial charge on any atom is -0.478 e. The molecule has 0 aliphatic heterocycles. The monoisotopic (exact) mass is 322 g/mol. The van der Waals surface area contributed by atoms with Crippen LogP contribution in [0, 0.1) is 0 Å². The second-order valence-corrected chi connectivity index (χ2v) is 5.91. The van der Waals surface area contributed by atoms with Crippen LogP contribution < -0.4 is 0 Å². The molecule has 1 heterocycles. The molecule has 114 valence electrons. The van der Waals surface area contributed by atoms with Crippen molar-refractivity contribution >= 4 is 17.7 Å². The maximum atomic E-state index is 10.8. The Balaban J connectivity index is 1.63. The van der Waals surface area contributed by atoms with Gasteiger partial charge in [-0.1, -0.05) is 54.2 Å². The molecule has 1 aromatic heterocycles. The van der Waals surface area contributed by atoms with E-state index in [9.17, 15) is 4.79 Å². The van der Waals surface area contributed by atoms with E-state index in [0.29, 0.717) is 5.56 Å². The molecule has 0 aliphatic carbocycles. The van der Waals surface area contributed by atoms with Gasteiger partial charge in [-0.3, -0.25) is 0 Å². The van der Waals surface area contributed by atoms with Crippen molar-refractivity contribution in [3.63, 3.8) is 0 Å². The van der Waals surface area contributed by atoms with Crippen molar-refractivity contribution < 1.29 is 9.90 Å². The first kappa shape index (κ1) is 15.2. The molecule has 0 bridgehead atoms. The molecule has 0 saturated carbocycles. The van der Waals surface area contributed by atoms with Gasteiger partial charge >= 0.3 is 5.97 Å². The fourth-order valence-electron chi connectivity index (χ4n) is 2.06. The van der Waals surface area contributed by atoms with Gasteiger partial charge in [0.05, 0.1) is 11.3 Å². The van der Waals surface area contributed by atoms with Gasteiger partial charge < -0.3 is 5.11 Å². The molecule has 3 rings (SSSR count). The lowest BCUT2D eigenvalue weighted by atomic mass is 10.1. The van der Waals surface area contributed by atoms with Gasteiger partial charge in [0.1, 0.15) is 5.03 Å². The maximum Gasteiger partial charge on any atom is 0.335 e. The van der Waals surface area contributed by atoms with Crippen LogP contribution in [0.5, 0.6) is 0 Å². The summed E-state index contributed by atoms with van der Waals surface area (Å²) in [6.45, 7) is 0. The van der Waals surface area contributed by atoms with Crippen LogP contribution in [0.1, 0.15) is 15.9 Å². The number of carbonyl (C=O) groups is 1. The minimum absolute atomic E-state index is 0.297. The van der Waals surface area contributed by atoms with E-state index in [1.165, 1.54) is 0 Å². The minimum atomic E-state index is -0.911. The molecule has 0 fully saturated rings. The molecular weight excluding hydrogens is 308 g/mol. The third-order valence-electron chi connectivity index (χ3n) is 3.30. The summed E-state index contributed by atoms with van der Waals surface area (Å²) in [5, 5.41) is 18.2. The number of hydrogen-bond acceptors (Lipinski definition) is 4. The van der Waals surface area contributed by atoms with E-state index < -0.39 is 5.97 Å². The number of carboxylic acids is 1. The summed E-state index contributed by atoms with van der Waals surface area (Å²) in [6, 6.07) is 20.7.